The molecule has 1 heterocycles. The SMILES string of the molecule is CC(C)COC[C@H](C)NC(=O)N1CCC1. The molecule has 0 aliphatic carbocycles. The highest BCUT2D eigenvalue weighted by molar-refractivity contribution is 5.75. The van der Waals surface area contributed by atoms with Gasteiger partial charge in [-0.1, -0.05) is 13.8 Å². The highest BCUT2D eigenvalue weighted by Crippen LogP contribution is 2.05. The summed E-state index contributed by atoms with van der Waals surface area (Å²) in [7, 11) is 0. The van der Waals surface area contributed by atoms with Gasteiger partial charge in [0.1, 0.15) is 0 Å². The molecule has 1 N–H and O–H groups in total. The molecule has 0 unspecified atom stereocenters. The summed E-state index contributed by atoms with van der Waals surface area (Å²) in [6.07, 6.45) is 1.13. The molecule has 0 bridgehead atoms. The zero-order valence-electron chi connectivity index (χ0n) is 9.95. The van der Waals surface area contributed by atoms with Crippen LogP contribution in [0.4, 0.5) is 4.79 Å². The van der Waals surface area contributed by atoms with Gasteiger partial charge in [0.15, 0.2) is 0 Å². The van der Waals surface area contributed by atoms with E-state index in [-0.39, 0.29) is 12.1 Å². The van der Waals surface area contributed by atoms with E-state index in [9.17, 15) is 4.79 Å². The smallest absolute Gasteiger partial charge is 0.317 e. The highest BCUT2D eigenvalue weighted by atomic mass is 16.5. The second-order valence-electron chi connectivity index (χ2n) is 4.62. The van der Waals surface area contributed by atoms with Gasteiger partial charge in [-0.3, -0.25) is 0 Å². The van der Waals surface area contributed by atoms with Crippen LogP contribution in [0.3, 0.4) is 0 Å². The van der Waals surface area contributed by atoms with Crippen molar-refractivity contribution in [1.82, 2.24) is 10.2 Å². The van der Waals surface area contributed by atoms with Crippen LogP contribution in [0.5, 0.6) is 0 Å². The first kappa shape index (κ1) is 12.3. The first-order valence-electron chi connectivity index (χ1n) is 5.72. The zero-order valence-corrected chi connectivity index (χ0v) is 9.95. The number of nitrogens with zero attached hydrogens (tertiary/aromatic N) is 1. The molecule has 2 amide bonds. The van der Waals surface area contributed by atoms with Crippen molar-refractivity contribution in [2.24, 2.45) is 5.92 Å². The summed E-state index contributed by atoms with van der Waals surface area (Å²) in [5.74, 6) is 0.545. The van der Waals surface area contributed by atoms with Crippen molar-refractivity contribution in [2.75, 3.05) is 26.3 Å². The van der Waals surface area contributed by atoms with Gasteiger partial charge in [-0.15, -0.1) is 0 Å². The third-order valence-electron chi connectivity index (χ3n) is 2.33. The number of carbonyl (C=O) groups is 1. The minimum absolute atomic E-state index is 0.0434. The van der Waals surface area contributed by atoms with Gasteiger partial charge in [-0.2, -0.15) is 0 Å². The van der Waals surface area contributed by atoms with Crippen molar-refractivity contribution in [3.05, 3.63) is 0 Å². The van der Waals surface area contributed by atoms with Gasteiger partial charge < -0.3 is 15.0 Å². The largest absolute Gasteiger partial charge is 0.379 e. The second-order valence-corrected chi connectivity index (χ2v) is 4.62. The lowest BCUT2D eigenvalue weighted by Gasteiger charge is -2.32. The molecule has 1 aliphatic rings. The van der Waals surface area contributed by atoms with E-state index in [1.807, 2.05) is 11.8 Å². The minimum atomic E-state index is 0.0434. The van der Waals surface area contributed by atoms with E-state index in [2.05, 4.69) is 19.2 Å². The normalized spacial score (nSPS) is 17.5. The highest BCUT2D eigenvalue weighted by Gasteiger charge is 2.21. The Kier molecular flexibility index (Phi) is 4.88. The van der Waals surface area contributed by atoms with Crippen molar-refractivity contribution in [2.45, 2.75) is 33.2 Å². The molecule has 0 radical (unpaired) electrons. The predicted molar refractivity (Wildman–Crippen MR) is 59.8 cm³/mol. The summed E-state index contributed by atoms with van der Waals surface area (Å²) < 4.78 is 5.46. The van der Waals surface area contributed by atoms with Gasteiger partial charge in [0, 0.05) is 19.7 Å². The molecule has 1 atom stereocenters. The van der Waals surface area contributed by atoms with Crippen LogP contribution in [0.25, 0.3) is 0 Å². The topological polar surface area (TPSA) is 41.6 Å². The van der Waals surface area contributed by atoms with Crippen molar-refractivity contribution in [1.29, 1.82) is 0 Å². The van der Waals surface area contributed by atoms with E-state index in [1.54, 1.807) is 0 Å². The molecule has 1 fully saturated rings. The van der Waals surface area contributed by atoms with E-state index in [1.165, 1.54) is 0 Å². The monoisotopic (exact) mass is 214 g/mol. The minimum Gasteiger partial charge on any atom is -0.379 e. The van der Waals surface area contributed by atoms with Crippen LogP contribution >= 0.6 is 0 Å². The number of nitrogens with one attached hydrogen (secondary N) is 1. The summed E-state index contributed by atoms with van der Waals surface area (Å²) in [5.41, 5.74) is 0. The Hall–Kier alpha value is -0.770. The Labute approximate surface area is 92.0 Å². The summed E-state index contributed by atoms with van der Waals surface area (Å²) in [5, 5.41) is 2.92. The van der Waals surface area contributed by atoms with Crippen LogP contribution in [0, 0.1) is 5.92 Å². The predicted octanol–water partition coefficient (Wildman–Crippen LogP) is 1.46. The molecule has 1 rings (SSSR count). The molecule has 0 aromatic carbocycles. The van der Waals surface area contributed by atoms with Crippen LogP contribution < -0.4 is 5.32 Å². The Morgan fingerprint density at radius 2 is 2.00 bits per heavy atom. The van der Waals surface area contributed by atoms with Crippen LogP contribution in [0.1, 0.15) is 27.2 Å². The van der Waals surface area contributed by atoms with Gasteiger partial charge in [0.05, 0.1) is 12.6 Å². The van der Waals surface area contributed by atoms with Crippen LogP contribution in [-0.4, -0.2) is 43.3 Å². The molecule has 4 nitrogen and oxygen atoms in total. The van der Waals surface area contributed by atoms with Crippen molar-refractivity contribution < 1.29 is 9.53 Å². The van der Waals surface area contributed by atoms with Crippen molar-refractivity contribution in [3.8, 4) is 0 Å². The molecule has 0 saturated carbocycles. The molecular formula is C11H22N2O2. The molecule has 4 heteroatoms. The Balaban J connectivity index is 2.06. The lowest BCUT2D eigenvalue weighted by atomic mass is 10.2. The molecule has 15 heavy (non-hydrogen) atoms. The third-order valence-corrected chi connectivity index (χ3v) is 2.33. The van der Waals surface area contributed by atoms with Crippen molar-refractivity contribution >= 4 is 6.03 Å². The van der Waals surface area contributed by atoms with Crippen LogP contribution in [0.15, 0.2) is 0 Å². The first-order valence-corrected chi connectivity index (χ1v) is 5.72. The second kappa shape index (κ2) is 5.95. The van der Waals surface area contributed by atoms with E-state index < -0.39 is 0 Å². The molecule has 88 valence electrons. The number of rotatable bonds is 5. The Morgan fingerprint density at radius 1 is 1.33 bits per heavy atom. The summed E-state index contributed by atoms with van der Waals surface area (Å²) in [6, 6.07) is 0.138. The van der Waals surface area contributed by atoms with E-state index in [0.29, 0.717) is 12.5 Å². The number of carbonyl (C=O) groups excluding carboxylic acids is 1. The quantitative estimate of drug-likeness (QED) is 0.753. The molecule has 0 aromatic heterocycles. The maximum Gasteiger partial charge on any atom is 0.317 e. The first-order chi connectivity index (χ1) is 7.09. The maximum atomic E-state index is 11.5. The fraction of sp³-hybridized carbons (Fsp3) is 0.909. The lowest BCUT2D eigenvalue weighted by Crippen LogP contribution is -2.50. The molecule has 1 saturated heterocycles. The number of hydrogen-bond donors (Lipinski definition) is 1. The van der Waals surface area contributed by atoms with Gasteiger partial charge in [-0.25, -0.2) is 4.79 Å². The van der Waals surface area contributed by atoms with E-state index >= 15 is 0 Å². The number of likely N-dealkylation sites (tertiary alicyclic amines) is 1. The summed E-state index contributed by atoms with van der Waals surface area (Å²) in [4.78, 5) is 13.3. The van der Waals surface area contributed by atoms with Crippen LogP contribution in [-0.2, 0) is 4.74 Å². The van der Waals surface area contributed by atoms with Gasteiger partial charge >= 0.3 is 6.03 Å². The molecule has 0 aromatic rings. The Bertz CT molecular complexity index is 203. The third kappa shape index (κ3) is 4.51. The average molecular weight is 214 g/mol. The van der Waals surface area contributed by atoms with Crippen LogP contribution in [0.2, 0.25) is 0 Å². The Morgan fingerprint density at radius 3 is 2.47 bits per heavy atom. The number of amides is 2. The summed E-state index contributed by atoms with van der Waals surface area (Å²) in [6.45, 7) is 9.34. The lowest BCUT2D eigenvalue weighted by molar-refractivity contribution is 0.0913. The number of ether oxygens (including phenoxy) is 1. The van der Waals surface area contributed by atoms with Gasteiger partial charge in [-0.05, 0) is 19.3 Å². The number of hydrogen-bond acceptors (Lipinski definition) is 2. The van der Waals surface area contributed by atoms with Gasteiger partial charge in [0.2, 0.25) is 0 Å². The molecule has 0 spiro atoms. The molecule has 1 aliphatic heterocycles. The van der Waals surface area contributed by atoms with Crippen molar-refractivity contribution in [3.63, 3.8) is 0 Å². The zero-order chi connectivity index (χ0) is 11.3. The van der Waals surface area contributed by atoms with E-state index in [4.69, 9.17) is 4.74 Å². The molecular weight excluding hydrogens is 192 g/mol. The van der Waals surface area contributed by atoms with Gasteiger partial charge in [0.25, 0.3) is 0 Å². The maximum absolute atomic E-state index is 11.5. The standard InChI is InChI=1S/C11H22N2O2/c1-9(2)7-15-8-10(3)12-11(14)13-5-4-6-13/h9-10H,4-8H2,1-3H3,(H,12,14)/t10-/m0/s1. The van der Waals surface area contributed by atoms with E-state index in [0.717, 1.165) is 26.1 Å². The fourth-order valence-corrected chi connectivity index (χ4v) is 1.34. The average Bonchev–Trinajstić information content (AvgIpc) is 1.98. The fourth-order valence-electron chi connectivity index (χ4n) is 1.34. The number of urea groups is 1. The summed E-state index contributed by atoms with van der Waals surface area (Å²) >= 11 is 0.